The van der Waals surface area contributed by atoms with E-state index in [1.165, 1.54) is 0 Å². The fraction of sp³-hybridized carbons (Fsp3) is 0.923. The van der Waals surface area contributed by atoms with Gasteiger partial charge in [0.25, 0.3) is 0 Å². The first-order valence-corrected chi connectivity index (χ1v) is 7.14. The first kappa shape index (κ1) is 13.8. The fourth-order valence-electron chi connectivity index (χ4n) is 2.88. The van der Waals surface area contributed by atoms with Crippen LogP contribution in [0.25, 0.3) is 0 Å². The number of nitrogens with one attached hydrogen (secondary N) is 1. The Bertz CT molecular complexity index is 267. The van der Waals surface area contributed by atoms with Gasteiger partial charge in [-0.15, -0.1) is 0 Å². The van der Waals surface area contributed by atoms with Gasteiger partial charge < -0.3 is 15.3 Å². The van der Waals surface area contributed by atoms with Crippen molar-refractivity contribution in [1.29, 1.82) is 0 Å². The van der Waals surface area contributed by atoms with Crippen LogP contribution in [0, 0.1) is 5.92 Å². The molecule has 5 nitrogen and oxygen atoms in total. The van der Waals surface area contributed by atoms with Crippen LogP contribution in [-0.2, 0) is 4.79 Å². The summed E-state index contributed by atoms with van der Waals surface area (Å²) in [5, 5.41) is 12.3. The molecule has 0 aromatic carbocycles. The molecule has 0 radical (unpaired) electrons. The second-order valence-corrected chi connectivity index (χ2v) is 5.27. The van der Waals surface area contributed by atoms with Gasteiger partial charge in [-0.25, -0.2) is 0 Å². The van der Waals surface area contributed by atoms with E-state index in [0.29, 0.717) is 5.91 Å². The summed E-state index contributed by atoms with van der Waals surface area (Å²) in [5.74, 6) is 0.581. The minimum absolute atomic E-state index is 0.211. The van der Waals surface area contributed by atoms with Crippen LogP contribution < -0.4 is 5.32 Å². The van der Waals surface area contributed by atoms with Gasteiger partial charge in [-0.1, -0.05) is 0 Å². The Balaban J connectivity index is 1.82. The van der Waals surface area contributed by atoms with Crippen LogP contribution in [0.15, 0.2) is 0 Å². The van der Waals surface area contributed by atoms with E-state index in [2.05, 4.69) is 10.2 Å². The zero-order valence-corrected chi connectivity index (χ0v) is 11.1. The second-order valence-electron chi connectivity index (χ2n) is 5.27. The molecule has 2 rings (SSSR count). The van der Waals surface area contributed by atoms with Gasteiger partial charge in [0.1, 0.15) is 0 Å². The molecule has 2 heterocycles. The molecule has 2 fully saturated rings. The topological polar surface area (TPSA) is 55.8 Å². The average Bonchev–Trinajstić information content (AvgIpc) is 2.65. The molecule has 0 atom stereocenters. The van der Waals surface area contributed by atoms with Crippen molar-refractivity contribution in [1.82, 2.24) is 15.1 Å². The van der Waals surface area contributed by atoms with Gasteiger partial charge >= 0.3 is 0 Å². The molecule has 2 N–H and O–H groups in total. The van der Waals surface area contributed by atoms with Crippen LogP contribution in [0.1, 0.15) is 19.3 Å². The maximum Gasteiger partial charge on any atom is 0.225 e. The molecular formula is C13H25N3O2. The van der Waals surface area contributed by atoms with Crippen molar-refractivity contribution in [3.8, 4) is 0 Å². The van der Waals surface area contributed by atoms with Crippen molar-refractivity contribution in [2.45, 2.75) is 19.3 Å². The van der Waals surface area contributed by atoms with Crippen molar-refractivity contribution < 1.29 is 9.90 Å². The Kier molecular flexibility index (Phi) is 5.41. The molecule has 0 aromatic heterocycles. The number of rotatable bonds is 3. The first-order chi connectivity index (χ1) is 8.81. The number of carbonyl (C=O) groups excluding carboxylic acids is 1. The van der Waals surface area contributed by atoms with E-state index in [0.717, 1.165) is 65.1 Å². The SMILES string of the molecule is O=C(C1CCNCC1)N1CCCN(CCO)CC1. The van der Waals surface area contributed by atoms with Crippen LogP contribution in [0.4, 0.5) is 0 Å². The molecule has 2 saturated heterocycles. The summed E-state index contributed by atoms with van der Waals surface area (Å²) in [6.45, 7) is 6.49. The Morgan fingerprint density at radius 1 is 1.17 bits per heavy atom. The van der Waals surface area contributed by atoms with E-state index in [4.69, 9.17) is 5.11 Å². The Morgan fingerprint density at radius 3 is 2.67 bits per heavy atom. The molecule has 104 valence electrons. The second kappa shape index (κ2) is 7.07. The Morgan fingerprint density at radius 2 is 1.94 bits per heavy atom. The normalized spacial score (nSPS) is 23.9. The van der Waals surface area contributed by atoms with Crippen LogP contribution in [0.2, 0.25) is 0 Å². The third-order valence-corrected chi connectivity index (χ3v) is 4.00. The van der Waals surface area contributed by atoms with E-state index in [1.807, 2.05) is 4.90 Å². The Labute approximate surface area is 109 Å². The predicted molar refractivity (Wildman–Crippen MR) is 70.3 cm³/mol. The summed E-state index contributed by atoms with van der Waals surface area (Å²) in [6, 6.07) is 0. The number of hydrogen-bond donors (Lipinski definition) is 2. The number of β-amino-alcohol motifs (C(OH)–C–C–N with tert-alkyl or cyclic N) is 1. The summed E-state index contributed by atoms with van der Waals surface area (Å²) >= 11 is 0. The van der Waals surface area contributed by atoms with Crippen molar-refractivity contribution in [2.24, 2.45) is 5.92 Å². The number of carbonyl (C=O) groups is 1. The number of piperidine rings is 1. The molecule has 0 bridgehead atoms. The molecule has 0 spiro atoms. The van der Waals surface area contributed by atoms with Gasteiger partial charge in [0, 0.05) is 32.1 Å². The van der Waals surface area contributed by atoms with Crippen LogP contribution in [-0.4, -0.2) is 73.2 Å². The summed E-state index contributed by atoms with van der Waals surface area (Å²) in [6.07, 6.45) is 2.99. The lowest BCUT2D eigenvalue weighted by molar-refractivity contribution is -0.136. The zero-order chi connectivity index (χ0) is 12.8. The quantitative estimate of drug-likeness (QED) is 0.715. The van der Waals surface area contributed by atoms with Crippen LogP contribution in [0.3, 0.4) is 0 Å². The predicted octanol–water partition coefficient (Wildman–Crippen LogP) is -0.487. The van der Waals surface area contributed by atoms with E-state index >= 15 is 0 Å². The smallest absolute Gasteiger partial charge is 0.225 e. The van der Waals surface area contributed by atoms with Crippen molar-refractivity contribution in [3.63, 3.8) is 0 Å². The highest BCUT2D eigenvalue weighted by atomic mass is 16.3. The molecule has 0 unspecified atom stereocenters. The molecule has 18 heavy (non-hydrogen) atoms. The first-order valence-electron chi connectivity index (χ1n) is 7.14. The third kappa shape index (κ3) is 3.67. The van der Waals surface area contributed by atoms with Gasteiger partial charge in [-0.2, -0.15) is 0 Å². The molecule has 2 aliphatic heterocycles. The lowest BCUT2D eigenvalue weighted by Crippen LogP contribution is -2.42. The minimum atomic E-state index is 0.211. The monoisotopic (exact) mass is 255 g/mol. The molecule has 1 amide bonds. The molecule has 0 saturated carbocycles. The van der Waals surface area contributed by atoms with Gasteiger partial charge in [-0.05, 0) is 38.9 Å². The van der Waals surface area contributed by atoms with Gasteiger partial charge in [0.2, 0.25) is 5.91 Å². The van der Waals surface area contributed by atoms with Gasteiger partial charge in [0.15, 0.2) is 0 Å². The van der Waals surface area contributed by atoms with E-state index < -0.39 is 0 Å². The lowest BCUT2D eigenvalue weighted by atomic mass is 9.96. The van der Waals surface area contributed by atoms with Crippen LogP contribution >= 0.6 is 0 Å². The lowest BCUT2D eigenvalue weighted by Gasteiger charge is -2.28. The largest absolute Gasteiger partial charge is 0.395 e. The van der Waals surface area contributed by atoms with Gasteiger partial charge in [-0.3, -0.25) is 9.69 Å². The summed E-state index contributed by atoms with van der Waals surface area (Å²) in [5.41, 5.74) is 0. The molecule has 0 aliphatic carbocycles. The highest BCUT2D eigenvalue weighted by molar-refractivity contribution is 5.79. The van der Waals surface area contributed by atoms with E-state index in [-0.39, 0.29) is 12.5 Å². The maximum atomic E-state index is 12.4. The maximum absolute atomic E-state index is 12.4. The molecule has 5 heteroatoms. The minimum Gasteiger partial charge on any atom is -0.395 e. The van der Waals surface area contributed by atoms with Gasteiger partial charge in [0.05, 0.1) is 6.61 Å². The number of amides is 1. The summed E-state index contributed by atoms with van der Waals surface area (Å²) < 4.78 is 0. The average molecular weight is 255 g/mol. The summed E-state index contributed by atoms with van der Waals surface area (Å²) in [7, 11) is 0. The van der Waals surface area contributed by atoms with Crippen molar-refractivity contribution in [3.05, 3.63) is 0 Å². The molecule has 0 aromatic rings. The van der Waals surface area contributed by atoms with Crippen molar-refractivity contribution in [2.75, 3.05) is 52.4 Å². The zero-order valence-electron chi connectivity index (χ0n) is 11.1. The van der Waals surface area contributed by atoms with E-state index in [9.17, 15) is 4.79 Å². The number of aliphatic hydroxyl groups is 1. The fourth-order valence-corrected chi connectivity index (χ4v) is 2.88. The van der Waals surface area contributed by atoms with Crippen molar-refractivity contribution >= 4 is 5.91 Å². The molecule has 2 aliphatic rings. The molecular weight excluding hydrogens is 230 g/mol. The van der Waals surface area contributed by atoms with E-state index in [1.54, 1.807) is 0 Å². The number of aliphatic hydroxyl groups excluding tert-OH is 1. The van der Waals surface area contributed by atoms with Crippen LogP contribution in [0.5, 0.6) is 0 Å². The highest BCUT2D eigenvalue weighted by Gasteiger charge is 2.27. The standard InChI is InChI=1S/C13H25N3O2/c17-11-10-15-6-1-7-16(9-8-15)13(18)12-2-4-14-5-3-12/h12,14,17H,1-11H2. The highest BCUT2D eigenvalue weighted by Crippen LogP contribution is 2.16. The summed E-state index contributed by atoms with van der Waals surface area (Å²) in [4.78, 5) is 16.7. The third-order valence-electron chi connectivity index (χ3n) is 4.00. The number of nitrogens with zero attached hydrogens (tertiary/aromatic N) is 2. The number of hydrogen-bond acceptors (Lipinski definition) is 4. The Hall–Kier alpha value is -0.650.